The van der Waals surface area contributed by atoms with Gasteiger partial charge in [0, 0.05) is 5.69 Å². The molecule has 0 aliphatic rings. The minimum atomic E-state index is 0.785. The Balaban J connectivity index is 2.38. The molecule has 0 unspecified atom stereocenters. The number of benzene rings is 2. The molecule has 2 nitrogen and oxygen atoms in total. The highest BCUT2D eigenvalue weighted by Gasteiger charge is 2.04. The molecule has 0 heterocycles. The Kier molecular flexibility index (Phi) is 3.05. The molecule has 0 aliphatic heterocycles. The number of nitrogens with one attached hydrogen (secondary N) is 1. The summed E-state index contributed by atoms with van der Waals surface area (Å²) >= 11 is 0. The predicted octanol–water partition coefficient (Wildman–Crippen LogP) is 3.94. The van der Waals surface area contributed by atoms with Crippen LogP contribution in [0.4, 0.5) is 17.1 Å². The maximum Gasteiger partial charge on any atom is 0.0618 e. The van der Waals surface area contributed by atoms with Crippen LogP contribution in [0.25, 0.3) is 0 Å². The quantitative estimate of drug-likeness (QED) is 0.761. The smallest absolute Gasteiger partial charge is 0.0618 e. The first-order valence-corrected chi connectivity index (χ1v) is 5.77. The fraction of sp³-hybridized carbons (Fsp3) is 0.200. The van der Waals surface area contributed by atoms with Gasteiger partial charge in [-0.15, -0.1) is 0 Å². The van der Waals surface area contributed by atoms with E-state index >= 15 is 0 Å². The molecule has 0 spiro atoms. The van der Waals surface area contributed by atoms with Crippen molar-refractivity contribution < 1.29 is 0 Å². The van der Waals surface area contributed by atoms with Gasteiger partial charge in [0.2, 0.25) is 0 Å². The number of anilines is 3. The molecule has 0 atom stereocenters. The van der Waals surface area contributed by atoms with E-state index in [1.54, 1.807) is 0 Å². The summed E-state index contributed by atoms with van der Waals surface area (Å²) in [5.74, 6) is 0. The minimum Gasteiger partial charge on any atom is -0.397 e. The summed E-state index contributed by atoms with van der Waals surface area (Å²) < 4.78 is 0. The van der Waals surface area contributed by atoms with E-state index in [9.17, 15) is 0 Å². The second-order valence-electron chi connectivity index (χ2n) is 4.48. The number of rotatable bonds is 2. The standard InChI is InChI=1S/C15H18N2/c1-10-7-8-14(13(16)9-10)17-15-11(2)5-4-6-12(15)3/h4-9,17H,16H2,1-3H3. The first-order valence-electron chi connectivity index (χ1n) is 5.77. The zero-order valence-electron chi connectivity index (χ0n) is 10.5. The number of hydrogen-bond donors (Lipinski definition) is 2. The van der Waals surface area contributed by atoms with E-state index in [4.69, 9.17) is 5.73 Å². The molecule has 17 heavy (non-hydrogen) atoms. The summed E-state index contributed by atoms with van der Waals surface area (Å²) in [5.41, 5.74) is 12.5. The van der Waals surface area contributed by atoms with E-state index in [1.807, 2.05) is 19.1 Å². The van der Waals surface area contributed by atoms with Crippen LogP contribution < -0.4 is 11.1 Å². The molecule has 0 amide bonds. The van der Waals surface area contributed by atoms with Crippen LogP contribution in [0.5, 0.6) is 0 Å². The molecule has 2 aromatic rings. The first-order chi connectivity index (χ1) is 8.08. The van der Waals surface area contributed by atoms with Gasteiger partial charge in [-0.2, -0.15) is 0 Å². The van der Waals surface area contributed by atoms with E-state index < -0.39 is 0 Å². The molecular weight excluding hydrogens is 208 g/mol. The topological polar surface area (TPSA) is 38.0 Å². The summed E-state index contributed by atoms with van der Waals surface area (Å²) in [6.07, 6.45) is 0. The highest BCUT2D eigenvalue weighted by molar-refractivity contribution is 5.75. The van der Waals surface area contributed by atoms with Gasteiger partial charge >= 0.3 is 0 Å². The van der Waals surface area contributed by atoms with Crippen molar-refractivity contribution in [2.75, 3.05) is 11.1 Å². The molecule has 0 saturated heterocycles. The van der Waals surface area contributed by atoms with Crippen LogP contribution in [0.15, 0.2) is 36.4 Å². The van der Waals surface area contributed by atoms with Crippen molar-refractivity contribution in [1.29, 1.82) is 0 Å². The largest absolute Gasteiger partial charge is 0.397 e. The van der Waals surface area contributed by atoms with Crippen LogP contribution in [0, 0.1) is 20.8 Å². The van der Waals surface area contributed by atoms with Crippen molar-refractivity contribution in [3.8, 4) is 0 Å². The summed E-state index contributed by atoms with van der Waals surface area (Å²) in [6, 6.07) is 12.3. The van der Waals surface area contributed by atoms with E-state index in [1.165, 1.54) is 16.7 Å². The monoisotopic (exact) mass is 226 g/mol. The summed E-state index contributed by atoms with van der Waals surface area (Å²) in [7, 11) is 0. The number of nitrogens with two attached hydrogens (primary N) is 1. The lowest BCUT2D eigenvalue weighted by atomic mass is 10.1. The third-order valence-electron chi connectivity index (χ3n) is 2.95. The molecule has 2 aromatic carbocycles. The lowest BCUT2D eigenvalue weighted by molar-refractivity contribution is 1.35. The highest BCUT2D eigenvalue weighted by atomic mass is 14.9. The Morgan fingerprint density at radius 3 is 2.18 bits per heavy atom. The van der Waals surface area contributed by atoms with Gasteiger partial charge in [-0.25, -0.2) is 0 Å². The third kappa shape index (κ3) is 2.41. The van der Waals surface area contributed by atoms with Crippen LogP contribution in [-0.2, 0) is 0 Å². The number of para-hydroxylation sites is 1. The molecule has 0 fully saturated rings. The molecule has 2 rings (SSSR count). The number of nitrogen functional groups attached to an aromatic ring is 1. The Bertz CT molecular complexity index is 524. The predicted molar refractivity (Wildman–Crippen MR) is 74.8 cm³/mol. The van der Waals surface area contributed by atoms with Crippen LogP contribution in [0.2, 0.25) is 0 Å². The molecular formula is C15H18N2. The van der Waals surface area contributed by atoms with Crippen molar-refractivity contribution in [2.24, 2.45) is 0 Å². The number of hydrogen-bond acceptors (Lipinski definition) is 2. The second-order valence-corrected chi connectivity index (χ2v) is 4.48. The van der Waals surface area contributed by atoms with Gasteiger partial charge in [0.1, 0.15) is 0 Å². The lowest BCUT2D eigenvalue weighted by Crippen LogP contribution is -1.99. The van der Waals surface area contributed by atoms with Crippen LogP contribution in [0.3, 0.4) is 0 Å². The Morgan fingerprint density at radius 2 is 1.59 bits per heavy atom. The fourth-order valence-corrected chi connectivity index (χ4v) is 1.94. The molecule has 3 N–H and O–H groups in total. The molecule has 0 aliphatic carbocycles. The average molecular weight is 226 g/mol. The van der Waals surface area contributed by atoms with Crippen molar-refractivity contribution in [2.45, 2.75) is 20.8 Å². The van der Waals surface area contributed by atoms with Crippen molar-refractivity contribution in [3.63, 3.8) is 0 Å². The van der Waals surface area contributed by atoms with E-state index in [0.717, 1.165) is 17.1 Å². The molecule has 0 radical (unpaired) electrons. The third-order valence-corrected chi connectivity index (χ3v) is 2.95. The first kappa shape index (κ1) is 11.5. The Morgan fingerprint density at radius 1 is 0.941 bits per heavy atom. The van der Waals surface area contributed by atoms with Crippen LogP contribution in [-0.4, -0.2) is 0 Å². The van der Waals surface area contributed by atoms with Gasteiger partial charge in [-0.05, 0) is 49.6 Å². The molecule has 0 bridgehead atoms. The maximum absolute atomic E-state index is 6.01. The molecule has 0 aromatic heterocycles. The SMILES string of the molecule is Cc1ccc(Nc2c(C)cccc2C)c(N)c1. The Hall–Kier alpha value is -1.96. The number of aryl methyl sites for hydroxylation is 3. The van der Waals surface area contributed by atoms with E-state index in [0.29, 0.717) is 0 Å². The molecule has 2 heteroatoms. The highest BCUT2D eigenvalue weighted by Crippen LogP contribution is 2.28. The van der Waals surface area contributed by atoms with Crippen LogP contribution >= 0.6 is 0 Å². The lowest BCUT2D eigenvalue weighted by Gasteiger charge is -2.14. The van der Waals surface area contributed by atoms with Crippen molar-refractivity contribution in [1.82, 2.24) is 0 Å². The van der Waals surface area contributed by atoms with Gasteiger partial charge in [-0.1, -0.05) is 24.3 Å². The van der Waals surface area contributed by atoms with Crippen molar-refractivity contribution in [3.05, 3.63) is 53.1 Å². The second kappa shape index (κ2) is 4.50. The Labute approximate surface area is 102 Å². The average Bonchev–Trinajstić information content (AvgIpc) is 2.26. The van der Waals surface area contributed by atoms with Gasteiger partial charge < -0.3 is 11.1 Å². The molecule has 0 saturated carbocycles. The molecule has 88 valence electrons. The van der Waals surface area contributed by atoms with Gasteiger partial charge in [-0.3, -0.25) is 0 Å². The zero-order chi connectivity index (χ0) is 12.4. The normalized spacial score (nSPS) is 10.3. The van der Waals surface area contributed by atoms with E-state index in [-0.39, 0.29) is 0 Å². The fourth-order valence-electron chi connectivity index (χ4n) is 1.94. The van der Waals surface area contributed by atoms with E-state index in [2.05, 4.69) is 43.4 Å². The summed E-state index contributed by atoms with van der Waals surface area (Å²) in [4.78, 5) is 0. The summed E-state index contributed by atoms with van der Waals surface area (Å²) in [6.45, 7) is 6.23. The van der Waals surface area contributed by atoms with Crippen LogP contribution in [0.1, 0.15) is 16.7 Å². The zero-order valence-corrected chi connectivity index (χ0v) is 10.5. The van der Waals surface area contributed by atoms with Gasteiger partial charge in [0.15, 0.2) is 0 Å². The van der Waals surface area contributed by atoms with Gasteiger partial charge in [0.25, 0.3) is 0 Å². The maximum atomic E-state index is 6.01. The summed E-state index contributed by atoms with van der Waals surface area (Å²) in [5, 5.41) is 3.41. The van der Waals surface area contributed by atoms with Gasteiger partial charge in [0.05, 0.1) is 11.4 Å². The van der Waals surface area contributed by atoms with Crippen molar-refractivity contribution >= 4 is 17.1 Å². The minimum absolute atomic E-state index is 0.785.